The van der Waals surface area contributed by atoms with Crippen LogP contribution in [0.25, 0.3) is 0 Å². The molecule has 0 saturated carbocycles. The number of hydrogen-bond acceptors (Lipinski definition) is 5. The first-order chi connectivity index (χ1) is 12.2. The maximum absolute atomic E-state index is 12.3. The molecule has 146 valence electrons. The maximum Gasteiger partial charge on any atom is 0.153 e. The van der Waals surface area contributed by atoms with Crippen molar-refractivity contribution in [1.82, 2.24) is 20.0 Å². The van der Waals surface area contributed by atoms with Gasteiger partial charge in [-0.05, 0) is 32.3 Å². The summed E-state index contributed by atoms with van der Waals surface area (Å²) in [5.74, 6) is 1.14. The zero-order valence-corrected chi connectivity index (χ0v) is 17.2. The van der Waals surface area contributed by atoms with Gasteiger partial charge in [-0.3, -0.25) is 14.9 Å². The van der Waals surface area contributed by atoms with Crippen molar-refractivity contribution in [3.05, 3.63) is 29.1 Å². The number of fused-ring (bicyclic) bond motifs is 1. The smallest absolute Gasteiger partial charge is 0.153 e. The minimum Gasteiger partial charge on any atom is -0.293 e. The van der Waals surface area contributed by atoms with Crippen molar-refractivity contribution in [2.24, 2.45) is 5.92 Å². The van der Waals surface area contributed by atoms with Gasteiger partial charge >= 0.3 is 0 Å². The standard InChI is InChI=1S/C19H32N4O2S/c1-14(2)5-6-22-7-8-23(19-13-26(24,25)12-18(19)22)11-17-10-16(20-21-17)9-15(3)4/h5,10,15,18-19H,6-9,11-13H2,1-4H3,(H,20,21)/t18-,19+/m0/s1. The molecule has 0 amide bonds. The molecule has 2 aliphatic rings. The van der Waals surface area contributed by atoms with Gasteiger partial charge in [-0.2, -0.15) is 5.10 Å². The number of nitrogens with one attached hydrogen (secondary N) is 1. The van der Waals surface area contributed by atoms with Crippen LogP contribution in [0.3, 0.4) is 0 Å². The van der Waals surface area contributed by atoms with E-state index in [0.717, 1.165) is 44.0 Å². The Labute approximate surface area is 157 Å². The summed E-state index contributed by atoms with van der Waals surface area (Å²) in [7, 11) is -2.97. The maximum atomic E-state index is 12.3. The van der Waals surface area contributed by atoms with Crippen LogP contribution in [-0.4, -0.2) is 71.6 Å². The molecular weight excluding hydrogens is 348 g/mol. The van der Waals surface area contributed by atoms with E-state index in [0.29, 0.717) is 5.92 Å². The third-order valence-corrected chi connectivity index (χ3v) is 7.01. The first-order valence-corrected chi connectivity index (χ1v) is 11.4. The molecule has 0 bridgehead atoms. The molecule has 1 aromatic rings. The Hall–Kier alpha value is -1.18. The summed E-state index contributed by atoms with van der Waals surface area (Å²) >= 11 is 0. The molecule has 2 atom stereocenters. The first-order valence-electron chi connectivity index (χ1n) is 9.58. The molecule has 2 aliphatic heterocycles. The molecule has 3 heterocycles. The van der Waals surface area contributed by atoms with Crippen LogP contribution in [0.4, 0.5) is 0 Å². The number of aromatic amines is 1. The van der Waals surface area contributed by atoms with Gasteiger partial charge in [0.15, 0.2) is 9.84 Å². The summed E-state index contributed by atoms with van der Waals surface area (Å²) in [5, 5.41) is 7.56. The van der Waals surface area contributed by atoms with Crippen molar-refractivity contribution in [3.63, 3.8) is 0 Å². The highest BCUT2D eigenvalue weighted by Gasteiger charge is 2.46. The summed E-state index contributed by atoms with van der Waals surface area (Å²) < 4.78 is 24.6. The predicted molar refractivity (Wildman–Crippen MR) is 105 cm³/mol. The van der Waals surface area contributed by atoms with Crippen LogP contribution in [0.1, 0.15) is 39.1 Å². The van der Waals surface area contributed by atoms with Crippen molar-refractivity contribution in [2.45, 2.75) is 52.7 Å². The Morgan fingerprint density at radius 2 is 1.92 bits per heavy atom. The monoisotopic (exact) mass is 380 g/mol. The largest absolute Gasteiger partial charge is 0.293 e. The molecule has 0 radical (unpaired) electrons. The molecule has 0 aromatic carbocycles. The van der Waals surface area contributed by atoms with E-state index in [1.54, 1.807) is 0 Å². The lowest BCUT2D eigenvalue weighted by molar-refractivity contribution is 0.0470. The van der Waals surface area contributed by atoms with E-state index in [1.165, 1.54) is 5.57 Å². The van der Waals surface area contributed by atoms with Crippen LogP contribution in [0.15, 0.2) is 17.7 Å². The molecule has 0 spiro atoms. The van der Waals surface area contributed by atoms with Crippen LogP contribution in [0, 0.1) is 5.92 Å². The Morgan fingerprint density at radius 3 is 2.58 bits per heavy atom. The Morgan fingerprint density at radius 1 is 1.27 bits per heavy atom. The van der Waals surface area contributed by atoms with Crippen molar-refractivity contribution in [1.29, 1.82) is 0 Å². The second kappa shape index (κ2) is 7.82. The highest BCUT2D eigenvalue weighted by Crippen LogP contribution is 2.28. The minimum absolute atomic E-state index is 0.0798. The first kappa shape index (κ1) is 19.6. The second-order valence-electron chi connectivity index (χ2n) is 8.44. The SMILES string of the molecule is CC(C)=CCN1CCN(Cc2cc(CC(C)C)n[nH]2)[C@@H]2CS(=O)(=O)C[C@@H]21. The summed E-state index contributed by atoms with van der Waals surface area (Å²) in [6, 6.07) is 2.31. The minimum atomic E-state index is -2.97. The molecule has 6 nitrogen and oxygen atoms in total. The van der Waals surface area contributed by atoms with E-state index < -0.39 is 9.84 Å². The molecular formula is C19H32N4O2S. The Balaban J connectivity index is 1.71. The fourth-order valence-corrected chi connectivity index (χ4v) is 6.09. The summed E-state index contributed by atoms with van der Waals surface area (Å²) in [4.78, 5) is 4.68. The number of piperazine rings is 1. The molecule has 1 aromatic heterocycles. The van der Waals surface area contributed by atoms with Gasteiger partial charge in [0, 0.05) is 44.0 Å². The van der Waals surface area contributed by atoms with Gasteiger partial charge in [-0.25, -0.2) is 8.42 Å². The van der Waals surface area contributed by atoms with Crippen LogP contribution < -0.4 is 0 Å². The molecule has 2 fully saturated rings. The van der Waals surface area contributed by atoms with Gasteiger partial charge in [0.25, 0.3) is 0 Å². The van der Waals surface area contributed by atoms with Gasteiger partial charge in [0.1, 0.15) is 0 Å². The molecule has 0 aliphatic carbocycles. The van der Waals surface area contributed by atoms with E-state index >= 15 is 0 Å². The highest BCUT2D eigenvalue weighted by atomic mass is 32.2. The fourth-order valence-electron chi connectivity index (χ4n) is 4.05. The van der Waals surface area contributed by atoms with E-state index in [2.05, 4.69) is 59.8 Å². The number of allylic oxidation sites excluding steroid dienone is 1. The van der Waals surface area contributed by atoms with Crippen LogP contribution in [0.5, 0.6) is 0 Å². The number of rotatable bonds is 6. The van der Waals surface area contributed by atoms with E-state index in [9.17, 15) is 8.42 Å². The fraction of sp³-hybridized carbons (Fsp3) is 0.737. The summed E-state index contributed by atoms with van der Waals surface area (Å²) in [6.45, 7) is 12.0. The topological polar surface area (TPSA) is 69.3 Å². The lowest BCUT2D eigenvalue weighted by Crippen LogP contribution is -2.58. The zero-order chi connectivity index (χ0) is 18.9. The average molecular weight is 381 g/mol. The number of H-pyrrole nitrogens is 1. The Bertz CT molecular complexity index is 749. The lowest BCUT2D eigenvalue weighted by Gasteiger charge is -2.43. The third kappa shape index (κ3) is 4.75. The summed E-state index contributed by atoms with van der Waals surface area (Å²) in [5.41, 5.74) is 3.45. The van der Waals surface area contributed by atoms with Gasteiger partial charge in [-0.15, -0.1) is 0 Å². The molecule has 7 heteroatoms. The van der Waals surface area contributed by atoms with Gasteiger partial charge < -0.3 is 0 Å². The molecule has 26 heavy (non-hydrogen) atoms. The number of nitrogens with zero attached hydrogens (tertiary/aromatic N) is 3. The zero-order valence-electron chi connectivity index (χ0n) is 16.4. The second-order valence-corrected chi connectivity index (χ2v) is 10.6. The lowest BCUT2D eigenvalue weighted by atomic mass is 10.0. The van der Waals surface area contributed by atoms with E-state index in [4.69, 9.17) is 0 Å². The molecule has 1 N–H and O–H groups in total. The number of aromatic nitrogens is 2. The highest BCUT2D eigenvalue weighted by molar-refractivity contribution is 7.91. The number of sulfone groups is 1. The average Bonchev–Trinajstić information content (AvgIpc) is 3.08. The van der Waals surface area contributed by atoms with Crippen molar-refractivity contribution in [2.75, 3.05) is 31.1 Å². The molecule has 2 saturated heterocycles. The van der Waals surface area contributed by atoms with Gasteiger partial charge in [0.2, 0.25) is 0 Å². The van der Waals surface area contributed by atoms with E-state index in [1.807, 2.05) is 0 Å². The predicted octanol–water partition coefficient (Wildman–Crippen LogP) is 1.86. The van der Waals surface area contributed by atoms with Gasteiger partial charge in [-0.1, -0.05) is 25.5 Å². The van der Waals surface area contributed by atoms with Crippen molar-refractivity contribution in [3.8, 4) is 0 Å². The number of hydrogen-bond donors (Lipinski definition) is 1. The third-order valence-electron chi connectivity index (χ3n) is 5.31. The van der Waals surface area contributed by atoms with Gasteiger partial charge in [0.05, 0.1) is 17.2 Å². The van der Waals surface area contributed by atoms with Crippen LogP contribution in [-0.2, 0) is 22.8 Å². The van der Waals surface area contributed by atoms with Crippen LogP contribution >= 0.6 is 0 Å². The normalized spacial score (nSPS) is 26.2. The van der Waals surface area contributed by atoms with Crippen LogP contribution in [0.2, 0.25) is 0 Å². The van der Waals surface area contributed by atoms with E-state index in [-0.39, 0.29) is 23.6 Å². The Kier molecular flexibility index (Phi) is 5.89. The van der Waals surface area contributed by atoms with Crippen molar-refractivity contribution >= 4 is 9.84 Å². The van der Waals surface area contributed by atoms with Crippen molar-refractivity contribution < 1.29 is 8.42 Å². The quantitative estimate of drug-likeness (QED) is 0.763. The summed E-state index contributed by atoms with van der Waals surface area (Å²) in [6.07, 6.45) is 3.16. The molecule has 3 rings (SSSR count). The molecule has 0 unspecified atom stereocenters.